The van der Waals surface area contributed by atoms with Crippen LogP contribution in [-0.4, -0.2) is 43.7 Å². The number of hydrogen-bond acceptors (Lipinski definition) is 5. The number of aromatic nitrogens is 3. The third-order valence-electron chi connectivity index (χ3n) is 4.35. The maximum atomic E-state index is 12.9. The fourth-order valence-corrected chi connectivity index (χ4v) is 3.13. The second kappa shape index (κ2) is 6.39. The number of nitrogens with one attached hydrogen (secondary N) is 1. The molecule has 1 atom stereocenters. The lowest BCUT2D eigenvalue weighted by molar-refractivity contribution is -0.125. The van der Waals surface area contributed by atoms with Crippen molar-refractivity contribution in [2.45, 2.75) is 25.4 Å². The molecule has 25 heavy (non-hydrogen) atoms. The molecule has 4 rings (SSSR count). The molecule has 3 aromatic rings. The molecule has 8 nitrogen and oxygen atoms in total. The Balaban J connectivity index is 1.51. The second-order valence-corrected chi connectivity index (χ2v) is 5.89. The Kier molecular flexibility index (Phi) is 3.93. The number of rotatable bonds is 4. The zero-order valence-electron chi connectivity index (χ0n) is 13.5. The average molecular weight is 339 g/mol. The second-order valence-electron chi connectivity index (χ2n) is 5.89. The van der Waals surface area contributed by atoms with Gasteiger partial charge in [-0.3, -0.25) is 9.59 Å². The van der Waals surface area contributed by atoms with Crippen LogP contribution in [0.1, 0.15) is 29.1 Å². The third-order valence-corrected chi connectivity index (χ3v) is 4.35. The largest absolute Gasteiger partial charge is 0.467 e. The molecule has 1 aliphatic rings. The first-order valence-corrected chi connectivity index (χ1v) is 8.13. The van der Waals surface area contributed by atoms with Crippen molar-refractivity contribution in [1.82, 2.24) is 24.6 Å². The van der Waals surface area contributed by atoms with Crippen LogP contribution in [0.2, 0.25) is 0 Å². The summed E-state index contributed by atoms with van der Waals surface area (Å²) in [5.41, 5.74) is 0.757. The summed E-state index contributed by atoms with van der Waals surface area (Å²) in [4.78, 5) is 35.4. The number of furan rings is 1. The smallest absolute Gasteiger partial charge is 0.277 e. The first kappa shape index (κ1) is 15.4. The van der Waals surface area contributed by atoms with Crippen molar-refractivity contribution in [3.05, 3.63) is 54.6 Å². The molecular formula is C17H17N5O3. The van der Waals surface area contributed by atoms with Crippen LogP contribution in [0, 0.1) is 0 Å². The first-order valence-electron chi connectivity index (χ1n) is 8.13. The summed E-state index contributed by atoms with van der Waals surface area (Å²) in [6, 6.07) is 3.06. The number of carbonyl (C=O) groups is 2. The van der Waals surface area contributed by atoms with Crippen molar-refractivity contribution in [2.24, 2.45) is 0 Å². The lowest BCUT2D eigenvalue weighted by Crippen LogP contribution is -2.46. The Hall–Kier alpha value is -3.16. The number of fused-ring (bicyclic) bond motifs is 1. The van der Waals surface area contributed by atoms with E-state index in [2.05, 4.69) is 15.3 Å². The first-order chi connectivity index (χ1) is 12.2. The Labute approximate surface area is 143 Å². The lowest BCUT2D eigenvalue weighted by Gasteiger charge is -2.23. The highest BCUT2D eigenvalue weighted by atomic mass is 16.3. The van der Waals surface area contributed by atoms with Crippen molar-refractivity contribution in [2.75, 3.05) is 6.54 Å². The fraction of sp³-hybridized carbons (Fsp3) is 0.294. The monoisotopic (exact) mass is 339 g/mol. The average Bonchev–Trinajstić information content (AvgIpc) is 3.39. The van der Waals surface area contributed by atoms with Crippen LogP contribution in [-0.2, 0) is 11.3 Å². The minimum Gasteiger partial charge on any atom is -0.467 e. The number of carbonyl (C=O) groups excluding carboxylic acids is 2. The van der Waals surface area contributed by atoms with E-state index in [4.69, 9.17) is 4.42 Å². The quantitative estimate of drug-likeness (QED) is 0.772. The Bertz CT molecular complexity index is 902. The van der Waals surface area contributed by atoms with Crippen molar-refractivity contribution in [3.8, 4) is 0 Å². The van der Waals surface area contributed by atoms with E-state index in [1.54, 1.807) is 52.5 Å². The number of amides is 2. The predicted molar refractivity (Wildman–Crippen MR) is 87.6 cm³/mol. The Morgan fingerprint density at radius 2 is 2.12 bits per heavy atom. The molecule has 1 fully saturated rings. The van der Waals surface area contributed by atoms with Crippen LogP contribution < -0.4 is 5.32 Å². The molecule has 0 aromatic carbocycles. The summed E-state index contributed by atoms with van der Waals surface area (Å²) in [6.07, 6.45) is 9.64. The molecule has 128 valence electrons. The van der Waals surface area contributed by atoms with E-state index >= 15 is 0 Å². The van der Waals surface area contributed by atoms with Crippen LogP contribution in [0.4, 0.5) is 0 Å². The molecule has 1 saturated heterocycles. The molecule has 3 aromatic heterocycles. The Morgan fingerprint density at radius 3 is 2.92 bits per heavy atom. The highest BCUT2D eigenvalue weighted by Gasteiger charge is 2.35. The van der Waals surface area contributed by atoms with Gasteiger partial charge in [-0.05, 0) is 25.0 Å². The number of hydrogen-bond donors (Lipinski definition) is 1. The molecule has 4 heterocycles. The van der Waals surface area contributed by atoms with Gasteiger partial charge in [0.05, 0.1) is 12.8 Å². The van der Waals surface area contributed by atoms with Gasteiger partial charge < -0.3 is 19.0 Å². The van der Waals surface area contributed by atoms with Gasteiger partial charge in [-0.15, -0.1) is 0 Å². The zero-order valence-corrected chi connectivity index (χ0v) is 13.5. The van der Waals surface area contributed by atoms with E-state index in [0.717, 1.165) is 6.42 Å². The third kappa shape index (κ3) is 2.86. The van der Waals surface area contributed by atoms with Gasteiger partial charge in [0.2, 0.25) is 5.91 Å². The van der Waals surface area contributed by atoms with Gasteiger partial charge in [-0.2, -0.15) is 0 Å². The number of nitrogens with zero attached hydrogens (tertiary/aromatic N) is 4. The molecule has 0 radical (unpaired) electrons. The van der Waals surface area contributed by atoms with Crippen molar-refractivity contribution >= 4 is 17.5 Å². The Morgan fingerprint density at radius 1 is 1.28 bits per heavy atom. The molecule has 0 unspecified atom stereocenters. The number of likely N-dealkylation sites (tertiary alicyclic amines) is 1. The topological polar surface area (TPSA) is 92.7 Å². The summed E-state index contributed by atoms with van der Waals surface area (Å²) >= 11 is 0. The van der Waals surface area contributed by atoms with E-state index in [1.807, 2.05) is 0 Å². The van der Waals surface area contributed by atoms with Gasteiger partial charge in [-0.25, -0.2) is 9.97 Å². The van der Waals surface area contributed by atoms with Crippen LogP contribution in [0.15, 0.2) is 47.6 Å². The molecule has 2 amide bonds. The van der Waals surface area contributed by atoms with E-state index in [1.165, 1.54) is 0 Å². The maximum Gasteiger partial charge on any atom is 0.277 e. The van der Waals surface area contributed by atoms with Gasteiger partial charge in [0.15, 0.2) is 11.3 Å². The fourth-order valence-electron chi connectivity index (χ4n) is 3.13. The summed E-state index contributed by atoms with van der Waals surface area (Å²) in [5, 5.41) is 2.83. The van der Waals surface area contributed by atoms with Crippen molar-refractivity contribution in [3.63, 3.8) is 0 Å². The molecule has 1 aliphatic heterocycles. The zero-order chi connectivity index (χ0) is 17.2. The molecule has 0 bridgehead atoms. The van der Waals surface area contributed by atoms with Crippen LogP contribution >= 0.6 is 0 Å². The highest BCUT2D eigenvalue weighted by molar-refractivity contribution is 6.00. The predicted octanol–water partition coefficient (Wildman–Crippen LogP) is 1.24. The SMILES string of the molecule is O=C(NCc1ccco1)[C@@H]1CCCN1C(=O)c1nccn2ccnc12. The van der Waals surface area contributed by atoms with Gasteiger partial charge in [0.25, 0.3) is 5.91 Å². The lowest BCUT2D eigenvalue weighted by atomic mass is 10.2. The number of imidazole rings is 1. The summed E-state index contributed by atoms with van der Waals surface area (Å²) in [6.45, 7) is 0.833. The van der Waals surface area contributed by atoms with E-state index in [-0.39, 0.29) is 17.5 Å². The van der Waals surface area contributed by atoms with E-state index < -0.39 is 6.04 Å². The molecular weight excluding hydrogens is 322 g/mol. The molecule has 0 saturated carbocycles. The van der Waals surface area contributed by atoms with Crippen molar-refractivity contribution in [1.29, 1.82) is 0 Å². The molecule has 8 heteroatoms. The summed E-state index contributed by atoms with van der Waals surface area (Å²) in [5.74, 6) is 0.220. The van der Waals surface area contributed by atoms with E-state index in [0.29, 0.717) is 30.9 Å². The van der Waals surface area contributed by atoms with Gasteiger partial charge >= 0.3 is 0 Å². The molecule has 1 N–H and O–H groups in total. The maximum absolute atomic E-state index is 12.9. The summed E-state index contributed by atoms with van der Waals surface area (Å²) < 4.78 is 6.95. The van der Waals surface area contributed by atoms with Gasteiger partial charge in [-0.1, -0.05) is 0 Å². The van der Waals surface area contributed by atoms with Crippen LogP contribution in [0.3, 0.4) is 0 Å². The molecule has 0 aliphatic carbocycles. The minimum atomic E-state index is -0.500. The molecule has 0 spiro atoms. The minimum absolute atomic E-state index is 0.183. The normalized spacial score (nSPS) is 17.1. The highest BCUT2D eigenvalue weighted by Crippen LogP contribution is 2.21. The van der Waals surface area contributed by atoms with Gasteiger partial charge in [0.1, 0.15) is 11.8 Å². The standard InChI is InChI=1S/C17H17N5O3/c23-16(20-11-12-3-2-10-25-12)13-4-1-7-22(13)17(24)14-15-19-6-9-21(15)8-5-18-14/h2-3,5-6,8-10,13H,1,4,7,11H2,(H,20,23)/t13-/m0/s1. The van der Waals surface area contributed by atoms with Crippen LogP contribution in [0.5, 0.6) is 0 Å². The van der Waals surface area contributed by atoms with Crippen molar-refractivity contribution < 1.29 is 14.0 Å². The van der Waals surface area contributed by atoms with Gasteiger partial charge in [0, 0.05) is 31.3 Å². The summed E-state index contributed by atoms with van der Waals surface area (Å²) in [7, 11) is 0. The van der Waals surface area contributed by atoms with Crippen LogP contribution in [0.25, 0.3) is 5.65 Å². The van der Waals surface area contributed by atoms with E-state index in [9.17, 15) is 9.59 Å².